The Morgan fingerprint density at radius 1 is 1.08 bits per heavy atom. The van der Waals surface area contributed by atoms with Crippen molar-refractivity contribution in [3.8, 4) is 0 Å². The summed E-state index contributed by atoms with van der Waals surface area (Å²) in [6.07, 6.45) is 5.93. The van der Waals surface area contributed by atoms with E-state index in [1.165, 1.54) is 25.7 Å². The van der Waals surface area contributed by atoms with E-state index in [2.05, 4.69) is 6.92 Å². The Hall–Kier alpha value is -0.740. The number of rotatable bonds is 7. The fourth-order valence-corrected chi connectivity index (χ4v) is 5.37. The number of carboxylic acids is 1. The number of hydrogen-bond acceptors (Lipinski definition) is 1. The quantitative estimate of drug-likeness (QED) is 0.545. The summed E-state index contributed by atoms with van der Waals surface area (Å²) in [6.45, 7) is 3.89. The molecule has 2 fully saturated rings. The van der Waals surface area contributed by atoms with E-state index in [9.17, 15) is 9.18 Å². The van der Waals surface area contributed by atoms with Crippen molar-refractivity contribution >= 4 is 5.97 Å². The molecule has 2 nitrogen and oxygen atoms in total. The number of alkyl halides is 3. The van der Waals surface area contributed by atoms with Gasteiger partial charge in [-0.25, -0.2) is 13.2 Å². The molecule has 0 heterocycles. The monoisotopic (exact) mass is 362 g/mol. The molecule has 0 spiro atoms. The van der Waals surface area contributed by atoms with E-state index in [4.69, 9.17) is 5.11 Å². The zero-order chi connectivity index (χ0) is 18.7. The summed E-state index contributed by atoms with van der Waals surface area (Å²) >= 11 is 0. The molecule has 0 aromatic heterocycles. The molecule has 0 aliphatic heterocycles. The topological polar surface area (TPSA) is 37.3 Å². The molecule has 0 amide bonds. The van der Waals surface area contributed by atoms with Crippen LogP contribution in [0.5, 0.6) is 0 Å². The average molecular weight is 362 g/mol. The maximum atomic E-state index is 15.0. The Kier molecular flexibility index (Phi) is 6.83. The number of hydrogen-bond donors (Lipinski definition) is 1. The predicted molar refractivity (Wildman–Crippen MR) is 92.5 cm³/mol. The van der Waals surface area contributed by atoms with Crippen LogP contribution in [0.4, 0.5) is 13.2 Å². The first-order chi connectivity index (χ1) is 11.8. The van der Waals surface area contributed by atoms with Gasteiger partial charge < -0.3 is 5.11 Å². The van der Waals surface area contributed by atoms with E-state index >= 15 is 8.78 Å². The molecule has 0 aromatic rings. The van der Waals surface area contributed by atoms with Gasteiger partial charge in [0.15, 0.2) is 6.17 Å². The molecule has 2 aliphatic carbocycles. The van der Waals surface area contributed by atoms with Crippen LogP contribution < -0.4 is 0 Å². The van der Waals surface area contributed by atoms with Crippen molar-refractivity contribution in [2.45, 2.75) is 96.6 Å². The molecule has 2 aliphatic rings. The van der Waals surface area contributed by atoms with Gasteiger partial charge in [-0.1, -0.05) is 52.4 Å². The summed E-state index contributed by atoms with van der Waals surface area (Å²) < 4.78 is 44.5. The van der Waals surface area contributed by atoms with Crippen molar-refractivity contribution in [3.05, 3.63) is 0 Å². The van der Waals surface area contributed by atoms with E-state index in [1.807, 2.05) is 0 Å². The van der Waals surface area contributed by atoms with Crippen LogP contribution >= 0.6 is 0 Å². The van der Waals surface area contributed by atoms with Gasteiger partial charge in [0, 0.05) is 5.41 Å². The summed E-state index contributed by atoms with van der Waals surface area (Å²) in [5.41, 5.74) is -1.37. The highest BCUT2D eigenvalue weighted by molar-refractivity contribution is 5.71. The molecule has 25 heavy (non-hydrogen) atoms. The molecule has 5 heteroatoms. The second kappa shape index (κ2) is 8.30. The lowest BCUT2D eigenvalue weighted by Gasteiger charge is -2.52. The smallest absolute Gasteiger partial charge is 0.309 e. The van der Waals surface area contributed by atoms with Crippen molar-refractivity contribution in [2.24, 2.45) is 23.2 Å². The second-order valence-corrected chi connectivity index (χ2v) is 8.23. The van der Waals surface area contributed by atoms with Gasteiger partial charge in [0.05, 0.1) is 5.92 Å². The van der Waals surface area contributed by atoms with Crippen LogP contribution in [-0.2, 0) is 4.79 Å². The molecular weight excluding hydrogens is 329 g/mol. The van der Waals surface area contributed by atoms with E-state index in [0.29, 0.717) is 5.92 Å². The third-order valence-electron chi connectivity index (χ3n) is 7.06. The van der Waals surface area contributed by atoms with Crippen molar-refractivity contribution < 1.29 is 23.1 Å². The van der Waals surface area contributed by atoms with Crippen LogP contribution in [0.3, 0.4) is 0 Å². The summed E-state index contributed by atoms with van der Waals surface area (Å²) in [6, 6.07) is 0. The highest BCUT2D eigenvalue weighted by Gasteiger charge is 2.66. The van der Waals surface area contributed by atoms with Crippen molar-refractivity contribution in [1.29, 1.82) is 0 Å². The van der Waals surface area contributed by atoms with Crippen LogP contribution in [0.2, 0.25) is 0 Å². The molecular formula is C20H33F3O2. The van der Waals surface area contributed by atoms with Crippen LogP contribution in [-0.4, -0.2) is 23.2 Å². The molecule has 3 atom stereocenters. The first-order valence-electron chi connectivity index (χ1n) is 10.0. The zero-order valence-electron chi connectivity index (χ0n) is 15.6. The number of carbonyl (C=O) groups is 1. The van der Waals surface area contributed by atoms with Gasteiger partial charge in [-0.3, -0.25) is 4.79 Å². The van der Waals surface area contributed by atoms with Gasteiger partial charge >= 0.3 is 5.97 Å². The Morgan fingerprint density at radius 2 is 1.72 bits per heavy atom. The Balaban J connectivity index is 2.07. The molecule has 1 unspecified atom stereocenters. The van der Waals surface area contributed by atoms with Gasteiger partial charge in [0.25, 0.3) is 5.92 Å². The molecule has 2 rings (SSSR count). The lowest BCUT2D eigenvalue weighted by atomic mass is 9.55. The van der Waals surface area contributed by atoms with E-state index < -0.39 is 29.4 Å². The minimum absolute atomic E-state index is 0.0242. The summed E-state index contributed by atoms with van der Waals surface area (Å²) in [5, 5.41) is 9.06. The van der Waals surface area contributed by atoms with Gasteiger partial charge in [-0.2, -0.15) is 0 Å². The maximum Gasteiger partial charge on any atom is 0.309 e. The minimum atomic E-state index is -3.55. The number of halogens is 3. The highest BCUT2D eigenvalue weighted by atomic mass is 19.3. The van der Waals surface area contributed by atoms with Gasteiger partial charge in [0.2, 0.25) is 0 Å². The van der Waals surface area contributed by atoms with Crippen molar-refractivity contribution in [1.82, 2.24) is 0 Å². The fourth-order valence-electron chi connectivity index (χ4n) is 5.37. The maximum absolute atomic E-state index is 15.0. The first kappa shape index (κ1) is 20.6. The largest absolute Gasteiger partial charge is 0.481 e. The average Bonchev–Trinajstić information content (AvgIpc) is 2.58. The van der Waals surface area contributed by atoms with Crippen LogP contribution in [0.1, 0.15) is 84.5 Å². The van der Waals surface area contributed by atoms with Crippen LogP contribution in [0.15, 0.2) is 0 Å². The van der Waals surface area contributed by atoms with Gasteiger partial charge in [-0.05, 0) is 43.9 Å². The van der Waals surface area contributed by atoms with E-state index in [-0.39, 0.29) is 25.2 Å². The molecule has 1 N–H and O–H groups in total. The van der Waals surface area contributed by atoms with Gasteiger partial charge in [-0.15, -0.1) is 0 Å². The standard InChI is InChI=1S/C20H33F3O2/c1-3-5-6-7-14-8-10-15(11-9-14)19(4-2)13-12-16(18(24)25)17(21)20(19,22)23/h14-17H,3-13H2,1-2H3,(H,24,25)/t14?,15?,16-,17?,19+/m1/s1. The molecule has 2 saturated carbocycles. The third-order valence-corrected chi connectivity index (χ3v) is 7.06. The van der Waals surface area contributed by atoms with Crippen LogP contribution in [0, 0.1) is 23.2 Å². The molecule has 0 aromatic carbocycles. The summed E-state index contributed by atoms with van der Waals surface area (Å²) in [4.78, 5) is 11.1. The molecule has 0 saturated heterocycles. The molecule has 0 radical (unpaired) electrons. The zero-order valence-corrected chi connectivity index (χ0v) is 15.6. The van der Waals surface area contributed by atoms with E-state index in [0.717, 1.165) is 25.7 Å². The Morgan fingerprint density at radius 3 is 2.24 bits per heavy atom. The molecule has 146 valence electrons. The lowest BCUT2D eigenvalue weighted by molar-refractivity contribution is -0.238. The second-order valence-electron chi connectivity index (χ2n) is 8.23. The summed E-state index contributed by atoms with van der Waals surface area (Å²) in [7, 11) is 0. The highest BCUT2D eigenvalue weighted by Crippen LogP contribution is 2.60. The number of aliphatic carboxylic acids is 1. The molecule has 0 bridgehead atoms. The van der Waals surface area contributed by atoms with Gasteiger partial charge in [0.1, 0.15) is 0 Å². The number of unbranched alkanes of at least 4 members (excludes halogenated alkanes) is 2. The minimum Gasteiger partial charge on any atom is -0.481 e. The third kappa shape index (κ3) is 3.85. The lowest BCUT2D eigenvalue weighted by Crippen LogP contribution is -2.59. The SMILES string of the molecule is CCCCCC1CCC([C@]2(CC)CC[C@@H](C(=O)O)C(F)C2(F)F)CC1. The van der Waals surface area contributed by atoms with Crippen molar-refractivity contribution in [3.63, 3.8) is 0 Å². The predicted octanol–water partition coefficient (Wildman–Crippen LogP) is 6.24. The Bertz CT molecular complexity index is 446. The summed E-state index contributed by atoms with van der Waals surface area (Å²) in [5.74, 6) is -6.13. The van der Waals surface area contributed by atoms with Crippen molar-refractivity contribution in [2.75, 3.05) is 0 Å². The normalized spacial score (nSPS) is 38.4. The fraction of sp³-hybridized carbons (Fsp3) is 0.950. The first-order valence-corrected chi connectivity index (χ1v) is 10.0. The van der Waals surface area contributed by atoms with E-state index in [1.54, 1.807) is 6.92 Å². The number of carboxylic acid groups (broad SMARTS) is 1. The Labute approximate surface area is 149 Å². The van der Waals surface area contributed by atoms with Crippen LogP contribution in [0.25, 0.3) is 0 Å².